The van der Waals surface area contributed by atoms with Crippen molar-refractivity contribution < 1.29 is 9.15 Å². The number of benzene rings is 1. The van der Waals surface area contributed by atoms with Gasteiger partial charge in [0, 0.05) is 5.56 Å². The Kier molecular flexibility index (Phi) is 5.24. The van der Waals surface area contributed by atoms with E-state index in [0.29, 0.717) is 12.5 Å². The van der Waals surface area contributed by atoms with E-state index in [-0.39, 0.29) is 0 Å². The van der Waals surface area contributed by atoms with Gasteiger partial charge in [-0.2, -0.15) is 0 Å². The van der Waals surface area contributed by atoms with Gasteiger partial charge in [-0.1, -0.05) is 32.0 Å². The largest absolute Gasteiger partial charge is 0.489 e. The molecule has 0 amide bonds. The van der Waals surface area contributed by atoms with Gasteiger partial charge in [0.15, 0.2) is 0 Å². The fraction of sp³-hybridized carbons (Fsp3) is 0.412. The lowest BCUT2D eigenvalue weighted by molar-refractivity contribution is 0.299. The second-order valence-electron chi connectivity index (χ2n) is 5.45. The van der Waals surface area contributed by atoms with Crippen LogP contribution in [0.3, 0.4) is 0 Å². The second kappa shape index (κ2) is 7.15. The van der Waals surface area contributed by atoms with Crippen LogP contribution in [0.1, 0.15) is 30.7 Å². The van der Waals surface area contributed by atoms with Crippen molar-refractivity contribution in [3.63, 3.8) is 0 Å². The van der Waals surface area contributed by atoms with Gasteiger partial charge >= 0.3 is 0 Å². The van der Waals surface area contributed by atoms with E-state index < -0.39 is 0 Å². The minimum Gasteiger partial charge on any atom is -0.489 e. The van der Waals surface area contributed by atoms with Gasteiger partial charge < -0.3 is 14.5 Å². The molecular weight excluding hydrogens is 250 g/mol. The number of hydrogen-bond acceptors (Lipinski definition) is 3. The lowest BCUT2D eigenvalue weighted by Gasteiger charge is -2.10. The van der Waals surface area contributed by atoms with E-state index in [1.54, 1.807) is 6.26 Å². The number of aryl methyl sites for hydroxylation is 1. The molecule has 0 aliphatic heterocycles. The Morgan fingerprint density at radius 1 is 1.20 bits per heavy atom. The van der Waals surface area contributed by atoms with Crippen LogP contribution in [-0.2, 0) is 13.2 Å². The number of furan rings is 1. The number of ether oxygens (including phenoxy) is 1. The number of rotatable bonds is 7. The monoisotopic (exact) mass is 273 g/mol. The lowest BCUT2D eigenvalue weighted by atomic mass is 10.2. The molecule has 0 saturated heterocycles. The molecule has 0 aliphatic rings. The zero-order valence-electron chi connectivity index (χ0n) is 12.5. The van der Waals surface area contributed by atoms with Gasteiger partial charge in [0.05, 0.1) is 12.8 Å². The molecule has 1 aromatic carbocycles. The van der Waals surface area contributed by atoms with Crippen molar-refractivity contribution in [2.45, 2.75) is 33.9 Å². The molecule has 0 aliphatic carbocycles. The molecule has 0 atom stereocenters. The molecule has 0 unspecified atom stereocenters. The predicted octanol–water partition coefficient (Wildman–Crippen LogP) is 3.91. The summed E-state index contributed by atoms with van der Waals surface area (Å²) in [6.45, 7) is 8.71. The summed E-state index contributed by atoms with van der Waals surface area (Å²) in [5.41, 5.74) is 2.25. The first-order valence-corrected chi connectivity index (χ1v) is 7.11. The van der Waals surface area contributed by atoms with E-state index >= 15 is 0 Å². The highest BCUT2D eigenvalue weighted by Gasteiger charge is 2.08. The van der Waals surface area contributed by atoms with Crippen LogP contribution in [0.4, 0.5) is 0 Å². The molecule has 0 bridgehead atoms. The second-order valence-corrected chi connectivity index (χ2v) is 5.45. The highest BCUT2D eigenvalue weighted by atomic mass is 16.5. The average Bonchev–Trinajstić information content (AvgIpc) is 2.85. The van der Waals surface area contributed by atoms with Gasteiger partial charge in [0.1, 0.15) is 18.1 Å². The number of para-hydroxylation sites is 1. The average molecular weight is 273 g/mol. The highest BCUT2D eigenvalue weighted by molar-refractivity contribution is 5.32. The van der Waals surface area contributed by atoms with Crippen molar-refractivity contribution in [2.24, 2.45) is 5.92 Å². The minimum atomic E-state index is 0.542. The van der Waals surface area contributed by atoms with Crippen LogP contribution in [0.5, 0.6) is 5.75 Å². The number of hydrogen-bond donors (Lipinski definition) is 1. The van der Waals surface area contributed by atoms with E-state index in [0.717, 1.165) is 35.7 Å². The molecule has 0 fully saturated rings. The van der Waals surface area contributed by atoms with Gasteiger partial charge in [-0.05, 0) is 37.1 Å². The first kappa shape index (κ1) is 14.7. The quantitative estimate of drug-likeness (QED) is 0.830. The summed E-state index contributed by atoms with van der Waals surface area (Å²) in [6, 6.07) is 10.0. The minimum absolute atomic E-state index is 0.542. The Hall–Kier alpha value is -1.74. The standard InChI is InChI=1S/C17H23NO2/c1-13(2)10-18-11-17-15(8-9-19-17)12-20-16-7-5-4-6-14(16)3/h4-9,13,18H,10-12H2,1-3H3. The third-order valence-corrected chi connectivity index (χ3v) is 3.15. The van der Waals surface area contributed by atoms with E-state index in [2.05, 4.69) is 32.2 Å². The fourth-order valence-corrected chi connectivity index (χ4v) is 2.00. The van der Waals surface area contributed by atoms with Crippen molar-refractivity contribution in [3.05, 3.63) is 53.5 Å². The van der Waals surface area contributed by atoms with E-state index in [4.69, 9.17) is 9.15 Å². The van der Waals surface area contributed by atoms with Crippen LogP contribution in [0.25, 0.3) is 0 Å². The molecule has 1 heterocycles. The molecule has 3 nitrogen and oxygen atoms in total. The zero-order chi connectivity index (χ0) is 14.4. The third-order valence-electron chi connectivity index (χ3n) is 3.15. The van der Waals surface area contributed by atoms with Gasteiger partial charge in [-0.3, -0.25) is 0 Å². The van der Waals surface area contributed by atoms with Gasteiger partial charge in [0.2, 0.25) is 0 Å². The fourth-order valence-electron chi connectivity index (χ4n) is 2.00. The number of nitrogens with one attached hydrogen (secondary N) is 1. The van der Waals surface area contributed by atoms with Crippen molar-refractivity contribution >= 4 is 0 Å². The maximum Gasteiger partial charge on any atom is 0.124 e. The van der Waals surface area contributed by atoms with Crippen LogP contribution in [0, 0.1) is 12.8 Å². The predicted molar refractivity (Wildman–Crippen MR) is 80.8 cm³/mol. The van der Waals surface area contributed by atoms with Crippen molar-refractivity contribution in [1.82, 2.24) is 5.32 Å². The lowest BCUT2D eigenvalue weighted by Crippen LogP contribution is -2.19. The molecule has 2 rings (SSSR count). The summed E-state index contributed by atoms with van der Waals surface area (Å²) in [7, 11) is 0. The zero-order valence-corrected chi connectivity index (χ0v) is 12.5. The van der Waals surface area contributed by atoms with Gasteiger partial charge in [-0.25, -0.2) is 0 Å². The Bertz CT molecular complexity index is 531. The van der Waals surface area contributed by atoms with Crippen LogP contribution < -0.4 is 10.1 Å². The summed E-state index contributed by atoms with van der Waals surface area (Å²) >= 11 is 0. The highest BCUT2D eigenvalue weighted by Crippen LogP contribution is 2.19. The summed E-state index contributed by atoms with van der Waals surface area (Å²) in [4.78, 5) is 0. The maximum absolute atomic E-state index is 5.86. The maximum atomic E-state index is 5.86. The smallest absolute Gasteiger partial charge is 0.124 e. The first-order chi connectivity index (χ1) is 9.66. The molecule has 0 radical (unpaired) electrons. The molecule has 3 heteroatoms. The van der Waals surface area contributed by atoms with Crippen molar-refractivity contribution in [1.29, 1.82) is 0 Å². The van der Waals surface area contributed by atoms with Crippen LogP contribution in [-0.4, -0.2) is 6.54 Å². The summed E-state index contributed by atoms with van der Waals surface area (Å²) < 4.78 is 11.4. The van der Waals surface area contributed by atoms with Crippen LogP contribution in [0.15, 0.2) is 41.0 Å². The molecule has 1 aromatic heterocycles. The Morgan fingerprint density at radius 2 is 2.00 bits per heavy atom. The SMILES string of the molecule is Cc1ccccc1OCc1ccoc1CNCC(C)C. The Morgan fingerprint density at radius 3 is 2.75 bits per heavy atom. The molecule has 0 saturated carbocycles. The molecule has 2 aromatic rings. The van der Waals surface area contributed by atoms with E-state index in [9.17, 15) is 0 Å². The molecule has 108 valence electrons. The van der Waals surface area contributed by atoms with Gasteiger partial charge in [0.25, 0.3) is 0 Å². The van der Waals surface area contributed by atoms with Gasteiger partial charge in [-0.15, -0.1) is 0 Å². The normalized spacial score (nSPS) is 11.0. The Balaban J connectivity index is 1.90. The summed E-state index contributed by atoms with van der Waals surface area (Å²) in [5, 5.41) is 3.39. The Labute approximate surface area is 121 Å². The van der Waals surface area contributed by atoms with Crippen molar-refractivity contribution in [2.75, 3.05) is 6.54 Å². The van der Waals surface area contributed by atoms with E-state index in [1.165, 1.54) is 0 Å². The molecular formula is C17H23NO2. The summed E-state index contributed by atoms with van der Waals surface area (Å²) in [5.74, 6) is 2.52. The molecule has 20 heavy (non-hydrogen) atoms. The third kappa shape index (κ3) is 4.14. The summed E-state index contributed by atoms with van der Waals surface area (Å²) in [6.07, 6.45) is 1.73. The van der Waals surface area contributed by atoms with Crippen LogP contribution >= 0.6 is 0 Å². The van der Waals surface area contributed by atoms with Crippen molar-refractivity contribution in [3.8, 4) is 5.75 Å². The molecule has 1 N–H and O–H groups in total. The van der Waals surface area contributed by atoms with Crippen LogP contribution in [0.2, 0.25) is 0 Å². The topological polar surface area (TPSA) is 34.4 Å². The van der Waals surface area contributed by atoms with E-state index in [1.807, 2.05) is 24.3 Å². The molecule has 0 spiro atoms. The first-order valence-electron chi connectivity index (χ1n) is 7.11.